The van der Waals surface area contributed by atoms with E-state index in [1.165, 1.54) is 6.92 Å². The monoisotopic (exact) mass is 389 g/mol. The predicted octanol–water partition coefficient (Wildman–Crippen LogP) is 3.42. The van der Waals surface area contributed by atoms with Crippen LogP contribution in [0.1, 0.15) is 16.9 Å². The van der Waals surface area contributed by atoms with Gasteiger partial charge < -0.3 is 4.52 Å². The van der Waals surface area contributed by atoms with E-state index in [0.717, 1.165) is 11.6 Å². The van der Waals surface area contributed by atoms with E-state index in [9.17, 15) is 22.5 Å². The lowest BCUT2D eigenvalue weighted by Crippen LogP contribution is -2.14. The molecule has 2 aromatic carbocycles. The van der Waals surface area contributed by atoms with Gasteiger partial charge >= 0.3 is 0 Å². The van der Waals surface area contributed by atoms with Crippen LogP contribution in [-0.4, -0.2) is 13.6 Å². The molecule has 0 radical (unpaired) electrons. The zero-order valence-corrected chi connectivity index (χ0v) is 15.1. The summed E-state index contributed by atoms with van der Waals surface area (Å²) in [4.78, 5) is -0.943. The van der Waals surface area contributed by atoms with Crippen molar-refractivity contribution in [2.24, 2.45) is 5.14 Å². The Bertz CT molecular complexity index is 1210. The highest BCUT2D eigenvalue weighted by Crippen LogP contribution is 2.37. The summed E-state index contributed by atoms with van der Waals surface area (Å²) in [5, 5.41) is 18.0. The van der Waals surface area contributed by atoms with Crippen molar-refractivity contribution in [3.63, 3.8) is 0 Å². The number of rotatable bonds is 3. The average molecular weight is 389 g/mol. The van der Waals surface area contributed by atoms with Crippen LogP contribution in [0.4, 0.5) is 8.78 Å². The molecule has 0 saturated heterocycles. The highest BCUT2D eigenvalue weighted by molar-refractivity contribution is 7.89. The first-order valence-electron chi connectivity index (χ1n) is 7.63. The fourth-order valence-corrected chi connectivity index (χ4v) is 3.31. The maximum atomic E-state index is 14.6. The fourth-order valence-electron chi connectivity index (χ4n) is 2.71. The fraction of sp³-hybridized carbons (Fsp3) is 0.111. The molecular formula is C18H13F2N3O3S. The zero-order chi connectivity index (χ0) is 19.9. The molecule has 1 aromatic heterocycles. The number of hydrogen-bond acceptors (Lipinski definition) is 5. The highest BCUT2D eigenvalue weighted by atomic mass is 32.2. The largest absolute Gasteiger partial charge is 0.360 e. The second-order valence-electron chi connectivity index (χ2n) is 5.91. The van der Waals surface area contributed by atoms with Gasteiger partial charge in [0.1, 0.15) is 28.0 Å². The van der Waals surface area contributed by atoms with Crippen LogP contribution in [0.15, 0.2) is 39.8 Å². The van der Waals surface area contributed by atoms with Gasteiger partial charge in [-0.2, -0.15) is 5.26 Å². The van der Waals surface area contributed by atoms with Crippen LogP contribution in [0.3, 0.4) is 0 Å². The van der Waals surface area contributed by atoms with Gasteiger partial charge in [0.05, 0.1) is 17.2 Å². The molecule has 0 amide bonds. The number of sulfonamides is 1. The quantitative estimate of drug-likeness (QED) is 0.738. The Morgan fingerprint density at radius 1 is 1.15 bits per heavy atom. The normalized spacial score (nSPS) is 11.4. The van der Waals surface area contributed by atoms with E-state index >= 15 is 0 Å². The van der Waals surface area contributed by atoms with Gasteiger partial charge in [0.25, 0.3) is 0 Å². The SMILES string of the molecule is Cc1ccc(-c2noc(C)c2-c2cc(F)c(S(N)(=O)=O)cc2F)cc1C#N. The molecule has 1 heterocycles. The molecule has 6 nitrogen and oxygen atoms in total. The van der Waals surface area contributed by atoms with Crippen LogP contribution in [0.2, 0.25) is 0 Å². The first kappa shape index (κ1) is 18.7. The number of nitriles is 1. The topological polar surface area (TPSA) is 110 Å². The Labute approximate surface area is 153 Å². The van der Waals surface area contributed by atoms with Crippen molar-refractivity contribution in [2.45, 2.75) is 18.7 Å². The van der Waals surface area contributed by atoms with Gasteiger partial charge in [-0.15, -0.1) is 0 Å². The van der Waals surface area contributed by atoms with Crippen molar-refractivity contribution in [3.8, 4) is 28.5 Å². The van der Waals surface area contributed by atoms with E-state index < -0.39 is 26.6 Å². The first-order chi connectivity index (χ1) is 12.6. The first-order valence-corrected chi connectivity index (χ1v) is 9.17. The number of aromatic nitrogens is 1. The molecule has 0 spiro atoms. The second kappa shape index (κ2) is 6.57. The molecule has 9 heteroatoms. The van der Waals surface area contributed by atoms with Gasteiger partial charge in [-0.25, -0.2) is 22.3 Å². The number of benzene rings is 2. The highest BCUT2D eigenvalue weighted by Gasteiger charge is 2.24. The van der Waals surface area contributed by atoms with Gasteiger partial charge in [-0.1, -0.05) is 17.3 Å². The number of nitrogens with two attached hydrogens (primary N) is 1. The molecule has 0 fully saturated rings. The van der Waals surface area contributed by atoms with Crippen LogP contribution in [0.5, 0.6) is 0 Å². The Kier molecular flexibility index (Phi) is 4.55. The predicted molar refractivity (Wildman–Crippen MR) is 92.9 cm³/mol. The van der Waals surface area contributed by atoms with Crippen LogP contribution >= 0.6 is 0 Å². The van der Waals surface area contributed by atoms with Crippen molar-refractivity contribution < 1.29 is 21.7 Å². The molecule has 0 aliphatic rings. The Morgan fingerprint density at radius 3 is 2.48 bits per heavy atom. The van der Waals surface area contributed by atoms with Gasteiger partial charge in [0.2, 0.25) is 10.0 Å². The zero-order valence-electron chi connectivity index (χ0n) is 14.2. The van der Waals surface area contributed by atoms with Crippen molar-refractivity contribution in [1.29, 1.82) is 5.26 Å². The molecule has 0 atom stereocenters. The standard InChI is InChI=1S/C18H13F2N3O3S/c1-9-3-4-11(5-12(9)8-21)18-17(10(2)26-23-18)13-6-15(20)16(7-14(13)19)27(22,24)25/h3-7H,1-2H3,(H2,22,24,25). The molecule has 2 N–H and O–H groups in total. The van der Waals surface area contributed by atoms with Crippen molar-refractivity contribution in [2.75, 3.05) is 0 Å². The maximum absolute atomic E-state index is 14.6. The van der Waals surface area contributed by atoms with E-state index in [4.69, 9.17) is 9.66 Å². The smallest absolute Gasteiger partial charge is 0.241 e. The van der Waals surface area contributed by atoms with Crippen molar-refractivity contribution in [3.05, 3.63) is 58.9 Å². The number of hydrogen-bond donors (Lipinski definition) is 1. The van der Waals surface area contributed by atoms with E-state index in [2.05, 4.69) is 5.16 Å². The van der Waals surface area contributed by atoms with E-state index in [0.29, 0.717) is 17.2 Å². The van der Waals surface area contributed by atoms with Gasteiger partial charge in [-0.05, 0) is 37.6 Å². The lowest BCUT2D eigenvalue weighted by molar-refractivity contribution is 0.400. The van der Waals surface area contributed by atoms with E-state index in [-0.39, 0.29) is 22.6 Å². The molecule has 0 bridgehead atoms. The number of halogens is 2. The van der Waals surface area contributed by atoms with E-state index in [1.54, 1.807) is 25.1 Å². The Hall–Kier alpha value is -3.09. The Balaban J connectivity index is 2.25. The summed E-state index contributed by atoms with van der Waals surface area (Å²) in [7, 11) is -4.42. The summed E-state index contributed by atoms with van der Waals surface area (Å²) in [6.07, 6.45) is 0. The van der Waals surface area contributed by atoms with Crippen LogP contribution in [0.25, 0.3) is 22.4 Å². The Morgan fingerprint density at radius 2 is 1.85 bits per heavy atom. The maximum Gasteiger partial charge on any atom is 0.241 e. The van der Waals surface area contributed by atoms with Gasteiger partial charge in [0.15, 0.2) is 0 Å². The molecule has 0 unspecified atom stereocenters. The van der Waals surface area contributed by atoms with Crippen molar-refractivity contribution >= 4 is 10.0 Å². The minimum Gasteiger partial charge on any atom is -0.360 e. The molecule has 138 valence electrons. The van der Waals surface area contributed by atoms with E-state index in [1.807, 2.05) is 6.07 Å². The summed E-state index contributed by atoms with van der Waals surface area (Å²) < 4.78 is 56.7. The average Bonchev–Trinajstić information content (AvgIpc) is 2.97. The summed E-state index contributed by atoms with van der Waals surface area (Å²) in [6, 6.07) is 8.22. The van der Waals surface area contributed by atoms with Gasteiger partial charge in [-0.3, -0.25) is 0 Å². The van der Waals surface area contributed by atoms with Crippen LogP contribution in [-0.2, 0) is 10.0 Å². The molecular weight excluding hydrogens is 376 g/mol. The minimum absolute atomic E-state index is 0.153. The number of primary sulfonamides is 1. The summed E-state index contributed by atoms with van der Waals surface area (Å²) in [5.41, 5.74) is 1.74. The van der Waals surface area contributed by atoms with Crippen molar-refractivity contribution in [1.82, 2.24) is 5.16 Å². The number of aryl methyl sites for hydroxylation is 2. The molecule has 0 aliphatic heterocycles. The summed E-state index contributed by atoms with van der Waals surface area (Å²) in [6.45, 7) is 3.27. The molecule has 0 saturated carbocycles. The summed E-state index contributed by atoms with van der Waals surface area (Å²) >= 11 is 0. The lowest BCUT2D eigenvalue weighted by atomic mass is 9.96. The third kappa shape index (κ3) is 3.32. The number of nitrogens with zero attached hydrogens (tertiary/aromatic N) is 2. The molecule has 3 rings (SSSR count). The molecule has 27 heavy (non-hydrogen) atoms. The summed E-state index contributed by atoms with van der Waals surface area (Å²) in [5.74, 6) is -1.99. The van der Waals surface area contributed by atoms with Gasteiger partial charge in [0, 0.05) is 11.1 Å². The third-order valence-corrected chi connectivity index (χ3v) is 5.02. The third-order valence-electron chi connectivity index (χ3n) is 4.09. The second-order valence-corrected chi connectivity index (χ2v) is 7.44. The minimum atomic E-state index is -4.42. The lowest BCUT2D eigenvalue weighted by Gasteiger charge is -2.08. The van der Waals surface area contributed by atoms with Crippen LogP contribution in [0, 0.1) is 36.8 Å². The van der Waals surface area contributed by atoms with Crippen LogP contribution < -0.4 is 5.14 Å². The molecule has 3 aromatic rings. The molecule has 0 aliphatic carbocycles.